The second-order valence-electron chi connectivity index (χ2n) is 4.75. The predicted octanol–water partition coefficient (Wildman–Crippen LogP) is 4.76. The van der Waals surface area contributed by atoms with E-state index in [0.717, 1.165) is 16.8 Å². The summed E-state index contributed by atoms with van der Waals surface area (Å²) >= 11 is 1.74. The number of nitrogens with one attached hydrogen (secondary N) is 1. The number of aryl methyl sites for hydroxylation is 1. The van der Waals surface area contributed by atoms with Crippen molar-refractivity contribution in [3.63, 3.8) is 0 Å². The molecule has 2 nitrogen and oxygen atoms in total. The fourth-order valence-electron chi connectivity index (χ4n) is 2.15. The largest absolute Gasteiger partial charge is 0.377 e. The van der Waals surface area contributed by atoms with E-state index in [1.165, 1.54) is 10.5 Å². The first-order valence-corrected chi connectivity index (χ1v) is 7.78. The highest BCUT2D eigenvalue weighted by Crippen LogP contribution is 2.25. The summed E-state index contributed by atoms with van der Waals surface area (Å²) in [6.45, 7) is 4.07. The van der Waals surface area contributed by atoms with Gasteiger partial charge >= 0.3 is 0 Å². The van der Waals surface area contributed by atoms with E-state index in [4.69, 9.17) is 0 Å². The van der Waals surface area contributed by atoms with Crippen LogP contribution < -0.4 is 5.32 Å². The smallest absolute Gasteiger partial charge is 0.102 e. The summed E-state index contributed by atoms with van der Waals surface area (Å²) in [5, 5.41) is 12.7. The Morgan fingerprint density at radius 1 is 1.15 bits per heavy atom. The predicted molar refractivity (Wildman–Crippen MR) is 86.2 cm³/mol. The van der Waals surface area contributed by atoms with Crippen LogP contribution in [-0.4, -0.2) is 6.26 Å². The lowest BCUT2D eigenvalue weighted by Gasteiger charge is -2.17. The quantitative estimate of drug-likeness (QED) is 0.821. The normalized spacial score (nSPS) is 11.7. The number of anilines is 1. The summed E-state index contributed by atoms with van der Waals surface area (Å²) < 4.78 is 0. The van der Waals surface area contributed by atoms with Crippen molar-refractivity contribution in [3.05, 3.63) is 59.2 Å². The summed E-state index contributed by atoms with van der Waals surface area (Å²) in [6.07, 6.45) is 2.07. The Morgan fingerprint density at radius 2 is 1.85 bits per heavy atom. The van der Waals surface area contributed by atoms with Crippen LogP contribution in [0.15, 0.2) is 47.4 Å². The van der Waals surface area contributed by atoms with Crippen molar-refractivity contribution >= 4 is 17.4 Å². The fourth-order valence-corrected chi connectivity index (χ4v) is 2.55. The van der Waals surface area contributed by atoms with E-state index in [-0.39, 0.29) is 6.04 Å². The summed E-state index contributed by atoms with van der Waals surface area (Å²) in [4.78, 5) is 1.26. The van der Waals surface area contributed by atoms with Crippen molar-refractivity contribution in [3.8, 4) is 6.07 Å². The van der Waals surface area contributed by atoms with Crippen LogP contribution in [0, 0.1) is 18.3 Å². The van der Waals surface area contributed by atoms with Gasteiger partial charge in [-0.05, 0) is 49.4 Å². The Kier molecular flexibility index (Phi) is 4.70. The molecule has 1 N–H and O–H groups in total. The Bertz CT molecular complexity index is 626. The SMILES string of the molecule is CSc1ccc(C(C)Nc2cccc(C)c2C#N)cc1. The number of hydrogen-bond acceptors (Lipinski definition) is 3. The standard InChI is InChI=1S/C17H18N2S/c1-12-5-4-6-17(16(12)11-18)19-13(2)14-7-9-15(20-3)10-8-14/h4-10,13,19H,1-3H3. The van der Waals surface area contributed by atoms with Gasteiger partial charge in [0.1, 0.15) is 6.07 Å². The maximum atomic E-state index is 9.26. The Labute approximate surface area is 124 Å². The molecule has 2 aromatic rings. The molecule has 0 aliphatic carbocycles. The molecular formula is C17H18N2S. The number of hydrogen-bond donors (Lipinski definition) is 1. The van der Waals surface area contributed by atoms with Gasteiger partial charge in [-0.15, -0.1) is 11.8 Å². The van der Waals surface area contributed by atoms with Gasteiger partial charge in [0.25, 0.3) is 0 Å². The highest BCUT2D eigenvalue weighted by Gasteiger charge is 2.09. The molecule has 2 rings (SSSR count). The lowest BCUT2D eigenvalue weighted by atomic mass is 10.0. The number of rotatable bonds is 4. The molecule has 1 atom stereocenters. The summed E-state index contributed by atoms with van der Waals surface area (Å²) in [5.74, 6) is 0. The zero-order valence-corrected chi connectivity index (χ0v) is 12.8. The number of thioether (sulfide) groups is 1. The van der Waals surface area contributed by atoms with Gasteiger partial charge in [0, 0.05) is 10.9 Å². The topological polar surface area (TPSA) is 35.8 Å². The molecule has 102 valence electrons. The van der Waals surface area contributed by atoms with Crippen LogP contribution >= 0.6 is 11.8 Å². The average molecular weight is 282 g/mol. The lowest BCUT2D eigenvalue weighted by molar-refractivity contribution is 0.881. The van der Waals surface area contributed by atoms with Crippen LogP contribution in [0.2, 0.25) is 0 Å². The molecule has 20 heavy (non-hydrogen) atoms. The fraction of sp³-hybridized carbons (Fsp3) is 0.235. The maximum Gasteiger partial charge on any atom is 0.102 e. The molecule has 0 spiro atoms. The monoisotopic (exact) mass is 282 g/mol. The van der Waals surface area contributed by atoms with Crippen LogP contribution in [0.5, 0.6) is 0 Å². The summed E-state index contributed by atoms with van der Waals surface area (Å²) in [7, 11) is 0. The number of nitriles is 1. The minimum atomic E-state index is 0.166. The molecule has 2 aromatic carbocycles. The van der Waals surface area contributed by atoms with E-state index >= 15 is 0 Å². The molecule has 0 aliphatic rings. The summed E-state index contributed by atoms with van der Waals surface area (Å²) in [5.41, 5.74) is 3.84. The van der Waals surface area contributed by atoms with Crippen LogP contribution in [0.25, 0.3) is 0 Å². The van der Waals surface area contributed by atoms with Gasteiger partial charge in [0.2, 0.25) is 0 Å². The minimum absolute atomic E-state index is 0.166. The van der Waals surface area contributed by atoms with Crippen LogP contribution in [-0.2, 0) is 0 Å². The highest BCUT2D eigenvalue weighted by atomic mass is 32.2. The van der Waals surface area contributed by atoms with Gasteiger partial charge in [-0.3, -0.25) is 0 Å². The molecule has 0 aliphatic heterocycles. The summed E-state index contributed by atoms with van der Waals surface area (Å²) in [6, 6.07) is 16.8. The molecule has 0 aromatic heterocycles. The van der Waals surface area contributed by atoms with Gasteiger partial charge in [-0.25, -0.2) is 0 Å². The average Bonchev–Trinajstić information content (AvgIpc) is 2.47. The molecular weight excluding hydrogens is 264 g/mol. The minimum Gasteiger partial charge on any atom is -0.377 e. The van der Waals surface area contributed by atoms with E-state index in [1.807, 2.05) is 25.1 Å². The molecule has 0 saturated heterocycles. The van der Waals surface area contributed by atoms with Gasteiger partial charge in [0.15, 0.2) is 0 Å². The second kappa shape index (κ2) is 6.49. The molecule has 0 bridgehead atoms. The van der Waals surface area contributed by atoms with Crippen molar-refractivity contribution < 1.29 is 0 Å². The molecule has 0 fully saturated rings. The van der Waals surface area contributed by atoms with Gasteiger partial charge in [-0.2, -0.15) is 5.26 Å². The van der Waals surface area contributed by atoms with Crippen molar-refractivity contribution in [2.75, 3.05) is 11.6 Å². The second-order valence-corrected chi connectivity index (χ2v) is 5.63. The van der Waals surface area contributed by atoms with E-state index < -0.39 is 0 Å². The molecule has 3 heteroatoms. The van der Waals surface area contributed by atoms with Crippen LogP contribution in [0.3, 0.4) is 0 Å². The van der Waals surface area contributed by atoms with Gasteiger partial charge < -0.3 is 5.32 Å². The van der Waals surface area contributed by atoms with Crippen molar-refractivity contribution in [1.29, 1.82) is 5.26 Å². The Hall–Kier alpha value is -1.92. The zero-order valence-electron chi connectivity index (χ0n) is 12.0. The van der Waals surface area contributed by atoms with E-state index in [1.54, 1.807) is 11.8 Å². The first-order valence-electron chi connectivity index (χ1n) is 6.56. The third kappa shape index (κ3) is 3.15. The third-order valence-electron chi connectivity index (χ3n) is 3.37. The molecule has 0 heterocycles. The molecule has 1 unspecified atom stereocenters. The zero-order chi connectivity index (χ0) is 14.5. The number of nitrogens with zero attached hydrogens (tertiary/aromatic N) is 1. The van der Waals surface area contributed by atoms with Gasteiger partial charge in [0.05, 0.1) is 11.3 Å². The van der Waals surface area contributed by atoms with E-state index in [9.17, 15) is 5.26 Å². The third-order valence-corrected chi connectivity index (χ3v) is 4.12. The van der Waals surface area contributed by atoms with Crippen molar-refractivity contribution in [2.24, 2.45) is 0 Å². The Morgan fingerprint density at radius 3 is 2.45 bits per heavy atom. The molecule has 0 radical (unpaired) electrons. The first kappa shape index (κ1) is 14.5. The van der Waals surface area contributed by atoms with Crippen molar-refractivity contribution in [2.45, 2.75) is 24.8 Å². The van der Waals surface area contributed by atoms with Crippen LogP contribution in [0.1, 0.15) is 29.7 Å². The lowest BCUT2D eigenvalue weighted by Crippen LogP contribution is -2.08. The van der Waals surface area contributed by atoms with Crippen molar-refractivity contribution in [1.82, 2.24) is 0 Å². The number of benzene rings is 2. The highest BCUT2D eigenvalue weighted by molar-refractivity contribution is 7.98. The Balaban J connectivity index is 2.21. The van der Waals surface area contributed by atoms with Gasteiger partial charge in [-0.1, -0.05) is 24.3 Å². The first-order chi connectivity index (χ1) is 9.65. The maximum absolute atomic E-state index is 9.26. The van der Waals surface area contributed by atoms with E-state index in [0.29, 0.717) is 0 Å². The molecule has 0 saturated carbocycles. The van der Waals surface area contributed by atoms with Crippen LogP contribution in [0.4, 0.5) is 5.69 Å². The molecule has 0 amide bonds. The van der Waals surface area contributed by atoms with E-state index in [2.05, 4.69) is 48.8 Å².